The van der Waals surface area contributed by atoms with Crippen molar-refractivity contribution in [2.24, 2.45) is 0 Å². The average molecular weight is 380 g/mol. The van der Waals surface area contributed by atoms with E-state index in [1.54, 1.807) is 0 Å². The summed E-state index contributed by atoms with van der Waals surface area (Å²) in [5.41, 5.74) is 3.50. The molecule has 1 amide bonds. The number of aryl methyl sites for hydroxylation is 3. The van der Waals surface area contributed by atoms with Crippen LogP contribution >= 0.6 is 23.1 Å². The van der Waals surface area contributed by atoms with Gasteiger partial charge in [0.15, 0.2) is 16.9 Å². The zero-order valence-corrected chi connectivity index (χ0v) is 16.2. The molecule has 0 aliphatic heterocycles. The Morgan fingerprint density at radius 1 is 1.20 bits per heavy atom. The van der Waals surface area contributed by atoms with Crippen molar-refractivity contribution in [1.82, 2.24) is 15.0 Å². The molecule has 2 heterocycles. The number of thiazole rings is 1. The largest absolute Gasteiger partial charge is 0.456 e. The van der Waals surface area contributed by atoms with E-state index in [2.05, 4.69) is 20.3 Å². The minimum absolute atomic E-state index is 0.174. The summed E-state index contributed by atoms with van der Waals surface area (Å²) in [5, 5.41) is 5.64. The number of nitrogens with zero attached hydrogens (tertiary/aromatic N) is 3. The Bertz CT molecular complexity index is 753. The highest BCUT2D eigenvalue weighted by atomic mass is 32.2. The zero-order chi connectivity index (χ0) is 18.4. The maximum absolute atomic E-state index is 11.9. The molecule has 2 rings (SSSR count). The Morgan fingerprint density at radius 2 is 1.88 bits per heavy atom. The number of nitrogens with one attached hydrogen (secondary N) is 1. The topological polar surface area (TPSA) is 94.1 Å². The highest BCUT2D eigenvalue weighted by Crippen LogP contribution is 2.17. The molecule has 0 saturated heterocycles. The minimum atomic E-state index is -0.432. The van der Waals surface area contributed by atoms with Crippen molar-refractivity contribution in [3.05, 3.63) is 28.0 Å². The third-order valence-corrected chi connectivity index (χ3v) is 4.81. The van der Waals surface area contributed by atoms with Gasteiger partial charge in [0.05, 0.1) is 5.69 Å². The van der Waals surface area contributed by atoms with Gasteiger partial charge in [0.2, 0.25) is 0 Å². The second-order valence-corrected chi connectivity index (χ2v) is 6.99. The van der Waals surface area contributed by atoms with E-state index in [4.69, 9.17) is 4.74 Å². The van der Waals surface area contributed by atoms with Crippen LogP contribution in [0.2, 0.25) is 0 Å². The van der Waals surface area contributed by atoms with Crippen molar-refractivity contribution in [2.75, 3.05) is 18.2 Å². The fourth-order valence-electron chi connectivity index (χ4n) is 2.17. The predicted molar refractivity (Wildman–Crippen MR) is 98.0 cm³/mol. The van der Waals surface area contributed by atoms with Gasteiger partial charge in [-0.25, -0.2) is 15.0 Å². The summed E-state index contributed by atoms with van der Waals surface area (Å²) >= 11 is 2.81. The Balaban J connectivity index is 1.80. The Morgan fingerprint density at radius 3 is 2.44 bits per heavy atom. The maximum Gasteiger partial charge on any atom is 0.306 e. The lowest BCUT2D eigenvalue weighted by atomic mass is 10.1. The molecular formula is C16H20N4O3S2. The smallest absolute Gasteiger partial charge is 0.306 e. The molecule has 134 valence electrons. The first-order valence-corrected chi connectivity index (χ1v) is 9.75. The zero-order valence-electron chi connectivity index (χ0n) is 14.6. The van der Waals surface area contributed by atoms with Crippen LogP contribution in [0.5, 0.6) is 0 Å². The Kier molecular flexibility index (Phi) is 6.89. The van der Waals surface area contributed by atoms with Crippen molar-refractivity contribution in [2.45, 2.75) is 38.8 Å². The molecule has 0 radical (unpaired) electrons. The summed E-state index contributed by atoms with van der Waals surface area (Å²) < 4.78 is 5.01. The molecule has 0 fully saturated rings. The third-order valence-electron chi connectivity index (χ3n) is 3.39. The normalized spacial score (nSPS) is 10.6. The summed E-state index contributed by atoms with van der Waals surface area (Å²) in [6, 6.07) is 0. The number of carbonyl (C=O) groups is 2. The maximum atomic E-state index is 11.9. The van der Waals surface area contributed by atoms with Crippen LogP contribution in [-0.2, 0) is 20.7 Å². The van der Waals surface area contributed by atoms with Gasteiger partial charge >= 0.3 is 5.97 Å². The van der Waals surface area contributed by atoms with Crippen molar-refractivity contribution < 1.29 is 14.3 Å². The van der Waals surface area contributed by atoms with Gasteiger partial charge in [-0.1, -0.05) is 11.8 Å². The number of anilines is 1. The first-order chi connectivity index (χ1) is 11.9. The first-order valence-electron chi connectivity index (χ1n) is 7.64. The Hall–Kier alpha value is -2.00. The molecular weight excluding hydrogens is 360 g/mol. The van der Waals surface area contributed by atoms with Gasteiger partial charge in [0, 0.05) is 23.2 Å². The number of hydrogen-bond donors (Lipinski definition) is 1. The van der Waals surface area contributed by atoms with Gasteiger partial charge in [-0.3, -0.25) is 14.9 Å². The molecule has 7 nitrogen and oxygen atoms in total. The van der Waals surface area contributed by atoms with Crippen molar-refractivity contribution >= 4 is 40.1 Å². The molecule has 0 bridgehead atoms. The quantitative estimate of drug-likeness (QED) is 0.448. The SMILES string of the molecule is CSc1nc(C)c(CCC(=O)OCC(=O)Nc2nc(C)cs2)c(C)n1. The van der Waals surface area contributed by atoms with Gasteiger partial charge in [0.1, 0.15) is 0 Å². The highest BCUT2D eigenvalue weighted by molar-refractivity contribution is 7.98. The van der Waals surface area contributed by atoms with Crippen LogP contribution in [0.4, 0.5) is 5.13 Å². The number of carbonyl (C=O) groups excluding carboxylic acids is 2. The molecule has 1 N–H and O–H groups in total. The van der Waals surface area contributed by atoms with Crippen LogP contribution in [0.15, 0.2) is 10.5 Å². The molecule has 9 heteroatoms. The Labute approximate surface area is 154 Å². The number of amides is 1. The fourth-order valence-corrected chi connectivity index (χ4v) is 3.33. The number of hydrogen-bond acceptors (Lipinski definition) is 8. The van der Waals surface area contributed by atoms with Crippen LogP contribution in [-0.4, -0.2) is 39.7 Å². The summed E-state index contributed by atoms with van der Waals surface area (Å²) in [6.45, 7) is 5.32. The molecule has 25 heavy (non-hydrogen) atoms. The van der Waals surface area contributed by atoms with Crippen LogP contribution < -0.4 is 5.32 Å². The van der Waals surface area contributed by atoms with Crippen molar-refractivity contribution in [1.29, 1.82) is 0 Å². The highest BCUT2D eigenvalue weighted by Gasteiger charge is 2.13. The van der Waals surface area contributed by atoms with Gasteiger partial charge in [-0.2, -0.15) is 0 Å². The summed E-state index contributed by atoms with van der Waals surface area (Å²) in [7, 11) is 0. The van der Waals surface area contributed by atoms with Gasteiger partial charge in [0.25, 0.3) is 5.91 Å². The molecule has 0 aromatic carbocycles. The van der Waals surface area contributed by atoms with Crippen LogP contribution in [0.3, 0.4) is 0 Å². The molecule has 0 unspecified atom stereocenters. The van der Waals surface area contributed by atoms with Gasteiger partial charge in [-0.05, 0) is 39.0 Å². The van der Waals surface area contributed by atoms with Crippen molar-refractivity contribution in [3.63, 3.8) is 0 Å². The van der Waals surface area contributed by atoms with E-state index >= 15 is 0 Å². The second-order valence-electron chi connectivity index (χ2n) is 5.36. The second kappa shape index (κ2) is 8.91. The lowest BCUT2D eigenvalue weighted by Gasteiger charge is -2.10. The molecule has 0 atom stereocenters. The number of thioether (sulfide) groups is 1. The van der Waals surface area contributed by atoms with Crippen molar-refractivity contribution in [3.8, 4) is 0 Å². The van der Waals surface area contributed by atoms with Gasteiger partial charge in [-0.15, -0.1) is 11.3 Å². The van der Waals surface area contributed by atoms with Gasteiger partial charge < -0.3 is 4.74 Å². The van der Waals surface area contributed by atoms with E-state index in [-0.39, 0.29) is 13.0 Å². The molecule has 0 aliphatic carbocycles. The number of esters is 1. The monoisotopic (exact) mass is 380 g/mol. The summed E-state index contributed by atoms with van der Waals surface area (Å²) in [4.78, 5) is 36.5. The van der Waals surface area contributed by atoms with E-state index in [0.29, 0.717) is 11.6 Å². The number of rotatable bonds is 7. The molecule has 0 saturated carbocycles. The molecule has 2 aromatic rings. The fraction of sp³-hybridized carbons (Fsp3) is 0.438. The van der Waals surface area contributed by atoms with E-state index < -0.39 is 11.9 Å². The third kappa shape index (κ3) is 5.79. The van der Waals surface area contributed by atoms with E-state index in [9.17, 15) is 9.59 Å². The predicted octanol–water partition coefficient (Wildman–Crippen LogP) is 2.69. The average Bonchev–Trinajstić information content (AvgIpc) is 2.96. The number of ether oxygens (including phenoxy) is 1. The lowest BCUT2D eigenvalue weighted by Crippen LogP contribution is -2.21. The first kappa shape index (κ1) is 19.3. The van der Waals surface area contributed by atoms with Crippen LogP contribution in [0, 0.1) is 20.8 Å². The summed E-state index contributed by atoms with van der Waals surface area (Å²) in [6.07, 6.45) is 2.58. The molecule has 2 aromatic heterocycles. The van der Waals surface area contributed by atoms with E-state index in [0.717, 1.165) is 27.8 Å². The molecule has 0 aliphatic rings. The summed E-state index contributed by atoms with van der Waals surface area (Å²) in [5.74, 6) is -0.832. The molecule has 0 spiro atoms. The standard InChI is InChI=1S/C16H20N4O3S2/c1-9-8-25-16(17-9)20-13(21)7-23-14(22)6-5-12-10(2)18-15(24-4)19-11(12)3/h8H,5-7H2,1-4H3,(H,17,20,21). The van der Waals surface area contributed by atoms with E-state index in [1.807, 2.05) is 32.4 Å². The van der Waals surface area contributed by atoms with Crippen LogP contribution in [0.25, 0.3) is 0 Å². The minimum Gasteiger partial charge on any atom is -0.456 e. The number of aromatic nitrogens is 3. The van der Waals surface area contributed by atoms with E-state index in [1.165, 1.54) is 23.1 Å². The lowest BCUT2D eigenvalue weighted by molar-refractivity contribution is -0.147. The van der Waals surface area contributed by atoms with Crippen LogP contribution in [0.1, 0.15) is 29.1 Å².